The Labute approximate surface area is 182 Å². The van der Waals surface area contributed by atoms with E-state index in [2.05, 4.69) is 9.71 Å². The lowest BCUT2D eigenvalue weighted by atomic mass is 10.2. The van der Waals surface area contributed by atoms with Crippen molar-refractivity contribution in [3.63, 3.8) is 0 Å². The third-order valence-electron chi connectivity index (χ3n) is 4.81. The second-order valence-electron chi connectivity index (χ2n) is 6.88. The lowest BCUT2D eigenvalue weighted by Crippen LogP contribution is -2.22. The van der Waals surface area contributed by atoms with Gasteiger partial charge < -0.3 is 4.74 Å². The number of benzene rings is 3. The number of aromatic nitrogens is 2. The maximum absolute atomic E-state index is 14.5. The molecule has 0 aliphatic heterocycles. The van der Waals surface area contributed by atoms with Crippen LogP contribution >= 0.6 is 0 Å². The van der Waals surface area contributed by atoms with E-state index in [0.29, 0.717) is 16.7 Å². The molecule has 0 saturated heterocycles. The van der Waals surface area contributed by atoms with Crippen LogP contribution in [-0.2, 0) is 10.0 Å². The molecule has 4 rings (SSSR count). The molecule has 0 aliphatic rings. The Bertz CT molecular complexity index is 1520. The van der Waals surface area contributed by atoms with Gasteiger partial charge in [-0.3, -0.25) is 14.1 Å². The number of aryl methyl sites for hydroxylation is 1. The first kappa shape index (κ1) is 21.4. The predicted molar refractivity (Wildman–Crippen MR) is 116 cm³/mol. The average Bonchev–Trinajstić information content (AvgIpc) is 2.75. The summed E-state index contributed by atoms with van der Waals surface area (Å²) >= 11 is 0. The number of hydrogen-bond donors (Lipinski definition) is 1. The molecule has 7 nitrogen and oxygen atoms in total. The minimum absolute atomic E-state index is 0.110. The number of rotatable bonds is 5. The Morgan fingerprint density at radius 1 is 1.03 bits per heavy atom. The summed E-state index contributed by atoms with van der Waals surface area (Å²) < 4.78 is 62.2. The van der Waals surface area contributed by atoms with Gasteiger partial charge in [-0.15, -0.1) is 0 Å². The third kappa shape index (κ3) is 3.80. The van der Waals surface area contributed by atoms with Crippen LogP contribution in [0.4, 0.5) is 14.5 Å². The fourth-order valence-corrected chi connectivity index (χ4v) is 4.58. The summed E-state index contributed by atoms with van der Waals surface area (Å²) in [5.41, 5.74) is -0.0999. The van der Waals surface area contributed by atoms with Gasteiger partial charge in [0, 0.05) is 0 Å². The van der Waals surface area contributed by atoms with Gasteiger partial charge >= 0.3 is 0 Å². The zero-order valence-electron chi connectivity index (χ0n) is 17.0. The van der Waals surface area contributed by atoms with E-state index in [9.17, 15) is 22.0 Å². The van der Waals surface area contributed by atoms with Crippen LogP contribution in [0, 0.1) is 18.6 Å². The number of sulfonamides is 1. The average molecular weight is 457 g/mol. The van der Waals surface area contributed by atoms with Crippen LogP contribution in [0.15, 0.2) is 70.4 Å². The lowest BCUT2D eigenvalue weighted by molar-refractivity contribution is 0.401. The van der Waals surface area contributed by atoms with Gasteiger partial charge in [-0.05, 0) is 55.5 Å². The highest BCUT2D eigenvalue weighted by Crippen LogP contribution is 2.28. The molecule has 0 saturated carbocycles. The smallest absolute Gasteiger partial charge is 0.265 e. The molecule has 32 heavy (non-hydrogen) atoms. The first-order valence-electron chi connectivity index (χ1n) is 9.36. The van der Waals surface area contributed by atoms with Crippen LogP contribution in [0.1, 0.15) is 5.82 Å². The molecule has 4 aromatic rings. The number of halogens is 2. The molecule has 0 spiro atoms. The van der Waals surface area contributed by atoms with Gasteiger partial charge in [0.15, 0.2) is 0 Å². The predicted octanol–water partition coefficient (Wildman–Crippen LogP) is 3.78. The Morgan fingerprint density at radius 2 is 1.78 bits per heavy atom. The minimum Gasteiger partial charge on any atom is -0.495 e. The van der Waals surface area contributed by atoms with Gasteiger partial charge in [-0.25, -0.2) is 22.2 Å². The van der Waals surface area contributed by atoms with Crippen molar-refractivity contribution in [2.24, 2.45) is 0 Å². The molecular formula is C22H17F2N3O4S. The van der Waals surface area contributed by atoms with Crippen molar-refractivity contribution in [1.82, 2.24) is 9.55 Å². The van der Waals surface area contributed by atoms with Crippen molar-refractivity contribution in [3.05, 3.63) is 88.5 Å². The molecule has 10 heteroatoms. The molecular weight excluding hydrogens is 440 g/mol. The molecule has 0 fully saturated rings. The van der Waals surface area contributed by atoms with E-state index in [4.69, 9.17) is 4.74 Å². The lowest BCUT2D eigenvalue weighted by Gasteiger charge is -2.15. The molecule has 1 N–H and O–H groups in total. The molecule has 0 aliphatic carbocycles. The van der Waals surface area contributed by atoms with Gasteiger partial charge in [0.05, 0.1) is 29.4 Å². The summed E-state index contributed by atoms with van der Waals surface area (Å²) in [6.45, 7) is 1.61. The molecule has 0 amide bonds. The molecule has 0 atom stereocenters. The monoisotopic (exact) mass is 457 g/mol. The highest BCUT2D eigenvalue weighted by atomic mass is 32.2. The van der Waals surface area contributed by atoms with E-state index in [0.717, 1.165) is 24.3 Å². The van der Waals surface area contributed by atoms with Gasteiger partial charge in [0.2, 0.25) is 0 Å². The van der Waals surface area contributed by atoms with Crippen LogP contribution in [0.3, 0.4) is 0 Å². The standard InChI is InChI=1S/C22H17F2N3O4S/c1-13-25-18-6-4-3-5-16(18)22(28)27(13)15-8-9-17(24)19(12-15)26-32(29,30)21-11-14(23)7-10-20(21)31-2/h3-12,26H,1-2H3. The van der Waals surface area contributed by atoms with Crippen molar-refractivity contribution < 1.29 is 21.9 Å². The Balaban J connectivity index is 1.83. The van der Waals surface area contributed by atoms with E-state index in [1.165, 1.54) is 23.8 Å². The van der Waals surface area contributed by atoms with Crippen molar-refractivity contribution in [3.8, 4) is 11.4 Å². The molecule has 1 heterocycles. The number of nitrogens with zero attached hydrogens (tertiary/aromatic N) is 2. The van der Waals surface area contributed by atoms with Crippen LogP contribution < -0.4 is 15.0 Å². The zero-order chi connectivity index (χ0) is 23.0. The SMILES string of the molecule is COc1ccc(F)cc1S(=O)(=O)Nc1cc(-n2c(C)nc3ccccc3c2=O)ccc1F. The number of para-hydroxylation sites is 1. The fourth-order valence-electron chi connectivity index (χ4n) is 3.34. The second-order valence-corrected chi connectivity index (χ2v) is 8.53. The largest absolute Gasteiger partial charge is 0.495 e. The summed E-state index contributed by atoms with van der Waals surface area (Å²) in [5.74, 6) is -1.46. The second kappa shape index (κ2) is 8.04. The highest BCUT2D eigenvalue weighted by molar-refractivity contribution is 7.92. The molecule has 3 aromatic carbocycles. The van der Waals surface area contributed by atoms with Crippen LogP contribution in [0.2, 0.25) is 0 Å². The molecule has 1 aromatic heterocycles. The number of methoxy groups -OCH3 is 1. The quantitative estimate of drug-likeness (QED) is 0.493. The normalized spacial score (nSPS) is 11.5. The third-order valence-corrected chi connectivity index (χ3v) is 6.20. The minimum atomic E-state index is -4.41. The van der Waals surface area contributed by atoms with Crippen LogP contribution in [0.25, 0.3) is 16.6 Å². The van der Waals surface area contributed by atoms with E-state index < -0.39 is 32.2 Å². The summed E-state index contributed by atoms with van der Waals surface area (Å²) in [4.78, 5) is 16.9. The number of ether oxygens (including phenoxy) is 1. The molecule has 0 radical (unpaired) electrons. The number of hydrogen-bond acceptors (Lipinski definition) is 5. The number of nitrogens with one attached hydrogen (secondary N) is 1. The van der Waals surface area contributed by atoms with Gasteiger partial charge in [0.1, 0.15) is 28.1 Å². The Morgan fingerprint density at radius 3 is 2.53 bits per heavy atom. The Kier molecular flexibility index (Phi) is 5.39. The molecule has 164 valence electrons. The topological polar surface area (TPSA) is 90.3 Å². The first-order valence-corrected chi connectivity index (χ1v) is 10.8. The van der Waals surface area contributed by atoms with Crippen LogP contribution in [-0.4, -0.2) is 25.1 Å². The van der Waals surface area contributed by atoms with Gasteiger partial charge in [-0.2, -0.15) is 0 Å². The molecule has 0 bridgehead atoms. The first-order chi connectivity index (χ1) is 15.2. The van der Waals surface area contributed by atoms with Crippen molar-refractivity contribution in [2.75, 3.05) is 11.8 Å². The summed E-state index contributed by atoms with van der Waals surface area (Å²) in [7, 11) is -3.18. The summed E-state index contributed by atoms with van der Waals surface area (Å²) in [6.07, 6.45) is 0. The van der Waals surface area contributed by atoms with Gasteiger partial charge in [-0.1, -0.05) is 12.1 Å². The summed E-state index contributed by atoms with van der Waals surface area (Å²) in [5, 5.41) is 0.356. The van der Waals surface area contributed by atoms with E-state index in [1.54, 1.807) is 31.2 Å². The fraction of sp³-hybridized carbons (Fsp3) is 0.0909. The van der Waals surface area contributed by atoms with Crippen LogP contribution in [0.5, 0.6) is 5.75 Å². The van der Waals surface area contributed by atoms with Crippen molar-refractivity contribution in [1.29, 1.82) is 0 Å². The van der Waals surface area contributed by atoms with Crippen molar-refractivity contribution in [2.45, 2.75) is 11.8 Å². The number of fused-ring (bicyclic) bond motifs is 1. The van der Waals surface area contributed by atoms with E-state index >= 15 is 0 Å². The maximum atomic E-state index is 14.5. The van der Waals surface area contributed by atoms with E-state index in [1.807, 2.05) is 0 Å². The zero-order valence-corrected chi connectivity index (χ0v) is 17.8. The number of anilines is 1. The Hall–Kier alpha value is -3.79. The van der Waals surface area contributed by atoms with Gasteiger partial charge in [0.25, 0.3) is 15.6 Å². The van der Waals surface area contributed by atoms with E-state index in [-0.39, 0.29) is 17.0 Å². The van der Waals surface area contributed by atoms with Crippen molar-refractivity contribution >= 4 is 26.6 Å². The highest BCUT2D eigenvalue weighted by Gasteiger charge is 2.22. The molecule has 0 unspecified atom stereocenters. The summed E-state index contributed by atoms with van der Waals surface area (Å²) in [6, 6.07) is 13.3. The maximum Gasteiger partial charge on any atom is 0.265 e.